The molecule has 0 bridgehead atoms. The molecule has 4 unspecified atom stereocenters. The maximum absolute atomic E-state index is 1.61. The quantitative estimate of drug-likeness (QED) is 0.513. The molecule has 0 heteroatoms. The lowest BCUT2D eigenvalue weighted by Gasteiger charge is -2.65. The Balaban J connectivity index is 1.65. The molecular weight excluding hydrogens is 144 g/mol. The molecule has 0 heterocycles. The summed E-state index contributed by atoms with van der Waals surface area (Å²) >= 11 is 0. The third-order valence-corrected chi connectivity index (χ3v) is 5.67. The Bertz CT molecular complexity index is 176. The van der Waals surface area contributed by atoms with E-state index in [0.29, 0.717) is 0 Å². The van der Waals surface area contributed by atoms with E-state index in [1.54, 1.807) is 38.5 Å². The minimum absolute atomic E-state index is 1.23. The van der Waals surface area contributed by atoms with Gasteiger partial charge >= 0.3 is 0 Å². The third kappa shape index (κ3) is 0.506. The molecule has 4 rings (SSSR count). The monoisotopic (exact) mass is 162 g/mol. The maximum atomic E-state index is 1.61. The van der Waals surface area contributed by atoms with Crippen LogP contribution < -0.4 is 0 Å². The van der Waals surface area contributed by atoms with Crippen LogP contribution in [0, 0.1) is 35.5 Å². The third-order valence-electron chi connectivity index (χ3n) is 5.67. The molecule has 66 valence electrons. The summed E-state index contributed by atoms with van der Waals surface area (Å²) in [5, 5.41) is 0. The molecule has 4 saturated carbocycles. The van der Waals surface area contributed by atoms with Crippen molar-refractivity contribution in [2.75, 3.05) is 0 Å². The SMILES string of the molecule is C1CC2C(C1)C1C3CCCC3C21. The van der Waals surface area contributed by atoms with Gasteiger partial charge in [0.25, 0.3) is 0 Å². The van der Waals surface area contributed by atoms with Crippen LogP contribution >= 0.6 is 0 Å². The van der Waals surface area contributed by atoms with Gasteiger partial charge in [-0.3, -0.25) is 0 Å². The van der Waals surface area contributed by atoms with E-state index in [-0.39, 0.29) is 0 Å². The first-order valence-corrected chi connectivity index (χ1v) is 5.97. The number of fused-ring (bicyclic) bond motifs is 7. The van der Waals surface area contributed by atoms with Gasteiger partial charge in [-0.05, 0) is 61.2 Å². The number of rotatable bonds is 0. The highest BCUT2D eigenvalue weighted by molar-refractivity contribution is 5.15. The summed E-state index contributed by atoms with van der Waals surface area (Å²) in [7, 11) is 0. The van der Waals surface area contributed by atoms with E-state index in [1.165, 1.54) is 35.5 Å². The Morgan fingerprint density at radius 3 is 1.17 bits per heavy atom. The Morgan fingerprint density at radius 1 is 0.500 bits per heavy atom. The largest absolute Gasteiger partial charge is 0.0527 e. The standard InChI is InChI=1S/C12H18/c1-3-7-8(4-1)12-10-6-2-5-9(10)11(7)12/h7-12H,1-6H2. The molecule has 0 amide bonds. The normalized spacial score (nSPS) is 66.0. The summed E-state index contributed by atoms with van der Waals surface area (Å²) in [6.07, 6.45) is 9.57. The molecule has 0 aromatic rings. The second-order valence-corrected chi connectivity index (χ2v) is 5.67. The van der Waals surface area contributed by atoms with Crippen molar-refractivity contribution in [1.82, 2.24) is 0 Å². The summed E-state index contributed by atoms with van der Waals surface area (Å²) in [6.45, 7) is 0. The Kier molecular flexibility index (Phi) is 1.03. The van der Waals surface area contributed by atoms with E-state index in [2.05, 4.69) is 0 Å². The molecule has 0 aromatic carbocycles. The molecule has 12 heavy (non-hydrogen) atoms. The fourth-order valence-corrected chi connectivity index (χ4v) is 5.43. The van der Waals surface area contributed by atoms with Crippen molar-refractivity contribution >= 4 is 0 Å². The zero-order valence-electron chi connectivity index (χ0n) is 7.71. The molecule has 4 fully saturated rings. The van der Waals surface area contributed by atoms with Crippen molar-refractivity contribution in [3.63, 3.8) is 0 Å². The van der Waals surface area contributed by atoms with E-state index in [0.717, 1.165) is 0 Å². The van der Waals surface area contributed by atoms with Crippen LogP contribution in [0.15, 0.2) is 0 Å². The van der Waals surface area contributed by atoms with Crippen molar-refractivity contribution in [1.29, 1.82) is 0 Å². The van der Waals surface area contributed by atoms with Gasteiger partial charge in [0.15, 0.2) is 0 Å². The molecule has 4 aliphatic carbocycles. The zero-order chi connectivity index (χ0) is 7.71. The highest BCUT2D eigenvalue weighted by atomic mass is 14.7. The molecule has 4 atom stereocenters. The van der Waals surface area contributed by atoms with Gasteiger partial charge in [0.1, 0.15) is 0 Å². The van der Waals surface area contributed by atoms with Crippen molar-refractivity contribution in [3.05, 3.63) is 0 Å². The summed E-state index contributed by atoms with van der Waals surface area (Å²) in [5.41, 5.74) is 0. The fraction of sp³-hybridized carbons (Fsp3) is 1.00. The van der Waals surface area contributed by atoms with Gasteiger partial charge < -0.3 is 0 Å². The number of hydrogen-bond acceptors (Lipinski definition) is 0. The molecular formula is C12H18. The smallest absolute Gasteiger partial charge is 0.0318 e. The predicted octanol–water partition coefficient (Wildman–Crippen LogP) is 3.08. The summed E-state index contributed by atoms with van der Waals surface area (Å²) in [4.78, 5) is 0. The first-order valence-electron chi connectivity index (χ1n) is 5.97. The van der Waals surface area contributed by atoms with Gasteiger partial charge in [-0.2, -0.15) is 0 Å². The van der Waals surface area contributed by atoms with Gasteiger partial charge in [-0.15, -0.1) is 0 Å². The average molecular weight is 162 g/mol. The van der Waals surface area contributed by atoms with Crippen molar-refractivity contribution in [2.45, 2.75) is 38.5 Å². The maximum Gasteiger partial charge on any atom is -0.0318 e. The Labute approximate surface area is 74.7 Å². The summed E-state index contributed by atoms with van der Waals surface area (Å²) in [5.74, 6) is 7.43. The minimum atomic E-state index is 1.23. The van der Waals surface area contributed by atoms with Crippen LogP contribution in [0.5, 0.6) is 0 Å². The van der Waals surface area contributed by atoms with Gasteiger partial charge in [-0.25, -0.2) is 0 Å². The highest BCUT2D eigenvalue weighted by Crippen LogP contribution is 2.73. The van der Waals surface area contributed by atoms with Crippen LogP contribution in [0.4, 0.5) is 0 Å². The van der Waals surface area contributed by atoms with Gasteiger partial charge in [0.2, 0.25) is 0 Å². The molecule has 0 radical (unpaired) electrons. The van der Waals surface area contributed by atoms with Crippen LogP contribution in [0.1, 0.15) is 38.5 Å². The van der Waals surface area contributed by atoms with Crippen LogP contribution in [-0.4, -0.2) is 0 Å². The Morgan fingerprint density at radius 2 is 0.833 bits per heavy atom. The van der Waals surface area contributed by atoms with Gasteiger partial charge in [0.05, 0.1) is 0 Å². The molecule has 0 saturated heterocycles. The van der Waals surface area contributed by atoms with Crippen molar-refractivity contribution in [3.8, 4) is 0 Å². The van der Waals surface area contributed by atoms with Gasteiger partial charge in [-0.1, -0.05) is 12.8 Å². The lowest BCUT2D eigenvalue weighted by Crippen LogP contribution is -2.61. The minimum Gasteiger partial charge on any atom is -0.0527 e. The van der Waals surface area contributed by atoms with Crippen molar-refractivity contribution < 1.29 is 0 Å². The van der Waals surface area contributed by atoms with Crippen LogP contribution in [-0.2, 0) is 0 Å². The van der Waals surface area contributed by atoms with E-state index < -0.39 is 0 Å². The molecule has 0 nitrogen and oxygen atoms in total. The number of hydrogen-bond donors (Lipinski definition) is 0. The van der Waals surface area contributed by atoms with Crippen LogP contribution in [0.25, 0.3) is 0 Å². The van der Waals surface area contributed by atoms with E-state index >= 15 is 0 Å². The van der Waals surface area contributed by atoms with Crippen LogP contribution in [0.3, 0.4) is 0 Å². The lowest BCUT2D eigenvalue weighted by molar-refractivity contribution is -0.178. The lowest BCUT2D eigenvalue weighted by atomic mass is 9.39. The molecule has 0 spiro atoms. The first-order chi connectivity index (χ1) is 5.97. The molecule has 0 aromatic heterocycles. The molecule has 0 N–H and O–H groups in total. The van der Waals surface area contributed by atoms with Crippen LogP contribution in [0.2, 0.25) is 0 Å². The predicted molar refractivity (Wildman–Crippen MR) is 48.6 cm³/mol. The highest BCUT2D eigenvalue weighted by Gasteiger charge is 2.66. The summed E-state index contributed by atoms with van der Waals surface area (Å²) in [6, 6.07) is 0. The fourth-order valence-electron chi connectivity index (χ4n) is 5.43. The topological polar surface area (TPSA) is 0 Å². The molecule has 4 aliphatic rings. The van der Waals surface area contributed by atoms with E-state index in [4.69, 9.17) is 0 Å². The first kappa shape index (κ1) is 6.45. The van der Waals surface area contributed by atoms with E-state index in [1.807, 2.05) is 0 Å². The second kappa shape index (κ2) is 1.91. The molecule has 0 aliphatic heterocycles. The summed E-state index contributed by atoms with van der Waals surface area (Å²) < 4.78 is 0. The second-order valence-electron chi connectivity index (χ2n) is 5.67. The zero-order valence-corrected chi connectivity index (χ0v) is 7.71. The van der Waals surface area contributed by atoms with Gasteiger partial charge in [0, 0.05) is 0 Å². The Hall–Kier alpha value is 0. The van der Waals surface area contributed by atoms with E-state index in [9.17, 15) is 0 Å². The van der Waals surface area contributed by atoms with Crippen molar-refractivity contribution in [2.24, 2.45) is 35.5 Å². The average Bonchev–Trinajstić information content (AvgIpc) is 2.58.